The Labute approximate surface area is 348 Å². The first-order chi connectivity index (χ1) is 28.3. The Hall–Kier alpha value is -4.01. The summed E-state index contributed by atoms with van der Waals surface area (Å²) in [5.41, 5.74) is -0.618. The largest absolute Gasteiger partial charge is 0.460 e. The average Bonchev–Trinajstić information content (AvgIpc) is 3.98. The summed E-state index contributed by atoms with van der Waals surface area (Å²) in [6, 6.07) is 3.31. The van der Waals surface area contributed by atoms with Gasteiger partial charge in [-0.2, -0.15) is 114 Å². The van der Waals surface area contributed by atoms with Gasteiger partial charge in [0, 0.05) is 30.6 Å². The minimum absolute atomic E-state index is 0.130. The fourth-order valence-electron chi connectivity index (χ4n) is 5.16. The van der Waals surface area contributed by atoms with Crippen LogP contribution in [0.1, 0.15) is 35.3 Å². The van der Waals surface area contributed by atoms with E-state index in [1.54, 1.807) is 0 Å². The number of carbonyl (C=O) groups excluding carboxylic acids is 3. The Bertz CT molecular complexity index is 2360. The lowest BCUT2D eigenvalue weighted by Crippen LogP contribution is -2.71. The van der Waals surface area contributed by atoms with Crippen LogP contribution in [0.25, 0.3) is 29.3 Å². The summed E-state index contributed by atoms with van der Waals surface area (Å²) in [5.74, 6) is -87.3. The fourth-order valence-corrected chi connectivity index (χ4v) is 9.75. The van der Waals surface area contributed by atoms with Crippen LogP contribution in [0.2, 0.25) is 0 Å². The first-order valence-electron chi connectivity index (χ1n) is 15.4. The molecule has 5 rings (SSSR count). The van der Waals surface area contributed by atoms with Gasteiger partial charge in [-0.25, -0.2) is 0 Å². The maximum absolute atomic E-state index is 14.5. The molecule has 4 heterocycles. The number of thiophene rings is 4. The van der Waals surface area contributed by atoms with E-state index in [9.17, 15) is 129 Å². The van der Waals surface area contributed by atoms with Crippen LogP contribution in [-0.4, -0.2) is 88.9 Å². The fraction of sp³-hybridized carbons (Fsp3) is 0.387. The Kier molecular flexibility index (Phi) is 11.5. The maximum atomic E-state index is 14.5. The van der Waals surface area contributed by atoms with Crippen LogP contribution in [0.15, 0.2) is 36.4 Å². The number of hydrogen-bond acceptors (Lipinski definition) is 7. The van der Waals surface area contributed by atoms with Gasteiger partial charge >= 0.3 is 71.6 Å². The molecule has 4 aromatic heterocycles. The maximum Gasteiger partial charge on any atom is 0.460 e. The van der Waals surface area contributed by atoms with Crippen LogP contribution in [0.4, 0.5) is 114 Å². The normalized spacial score (nSPS) is 15.5. The van der Waals surface area contributed by atoms with Gasteiger partial charge < -0.3 is 0 Å². The van der Waals surface area contributed by atoms with Crippen LogP contribution in [0, 0.1) is 0 Å². The van der Waals surface area contributed by atoms with Crippen molar-refractivity contribution in [2.75, 3.05) is 0 Å². The van der Waals surface area contributed by atoms with Crippen molar-refractivity contribution in [2.45, 2.75) is 71.6 Å². The first-order valence-corrected chi connectivity index (χ1v) is 18.7. The zero-order valence-corrected chi connectivity index (χ0v) is 31.9. The van der Waals surface area contributed by atoms with Gasteiger partial charge in [-0.15, -0.1) is 45.3 Å². The Morgan fingerprint density at radius 1 is 0.344 bits per heavy atom. The molecule has 0 amide bonds. The van der Waals surface area contributed by atoms with Crippen LogP contribution < -0.4 is 0 Å². The molecule has 33 heteroatoms. The molecular weight excluding hydrogens is 1040 g/mol. The quantitative estimate of drug-likeness (QED) is 0.0823. The third-order valence-corrected chi connectivity index (χ3v) is 13.7. The number of alkyl halides is 26. The van der Waals surface area contributed by atoms with Gasteiger partial charge in [0.05, 0.1) is 19.5 Å². The van der Waals surface area contributed by atoms with Crippen LogP contribution in [-0.2, 0) is 0 Å². The molecule has 0 radical (unpaired) electrons. The zero-order valence-electron chi connectivity index (χ0n) is 28.6. The second-order valence-corrected chi connectivity index (χ2v) is 17.0. The molecule has 0 N–H and O–H groups in total. The van der Waals surface area contributed by atoms with Crippen molar-refractivity contribution < 1.29 is 129 Å². The molecule has 0 spiro atoms. The Morgan fingerprint density at radius 3 is 0.875 bits per heavy atom. The van der Waals surface area contributed by atoms with E-state index in [2.05, 4.69) is 0 Å². The molecule has 1 aliphatic rings. The van der Waals surface area contributed by atoms with E-state index in [4.69, 9.17) is 0 Å². The summed E-state index contributed by atoms with van der Waals surface area (Å²) in [4.78, 5) is 32.4. The number of halogens is 26. The number of Topliss-reactive ketones (excluding diaryl/α,β-unsaturated/α-hetero) is 2. The van der Waals surface area contributed by atoms with E-state index >= 15 is 0 Å². The standard InChI is InChI=1S/C31H6F26O3S4/c32-20(33,22(36,37)24(40,41)26(44,45)28(48,49)30(52,53)54)18(59)11-3-1-9(61-11)13-5-7-15(58)8-6-14(64-17(8)16(7)63-13)10-2-4-12(62-10)19(60)21(34,35)23(38,39)25(42,43)27(46,47)29(50,51)31(55,56)57/h1-6H. The number of carbonyl (C=O) groups is 3. The molecule has 0 atom stereocenters. The molecule has 64 heavy (non-hydrogen) atoms. The molecule has 0 bridgehead atoms. The van der Waals surface area contributed by atoms with E-state index in [1.807, 2.05) is 0 Å². The number of ketones is 3. The molecule has 0 aliphatic heterocycles. The lowest BCUT2D eigenvalue weighted by Gasteiger charge is -2.39. The van der Waals surface area contributed by atoms with Gasteiger partial charge in [0.15, 0.2) is 5.78 Å². The molecule has 1 aliphatic carbocycles. The van der Waals surface area contributed by atoms with Gasteiger partial charge in [-0.3, -0.25) is 14.4 Å². The van der Waals surface area contributed by atoms with Crippen molar-refractivity contribution in [1.82, 2.24) is 0 Å². The highest BCUT2D eigenvalue weighted by Gasteiger charge is 2.93. The summed E-state index contributed by atoms with van der Waals surface area (Å²) in [6.07, 6.45) is -15.4. The summed E-state index contributed by atoms with van der Waals surface area (Å²) < 4.78 is 352. The highest BCUT2D eigenvalue weighted by molar-refractivity contribution is 7.29. The van der Waals surface area contributed by atoms with Crippen LogP contribution >= 0.6 is 45.3 Å². The molecule has 0 fully saturated rings. The number of fused-ring (bicyclic) bond motifs is 3. The lowest BCUT2D eigenvalue weighted by atomic mass is 9.92. The second-order valence-electron chi connectivity index (χ2n) is 12.8. The molecule has 0 unspecified atom stereocenters. The molecule has 0 aromatic carbocycles. The van der Waals surface area contributed by atoms with Crippen molar-refractivity contribution in [3.05, 3.63) is 57.3 Å². The van der Waals surface area contributed by atoms with E-state index < -0.39 is 108 Å². The zero-order chi connectivity index (χ0) is 49.6. The number of hydrogen-bond donors (Lipinski definition) is 0. The first kappa shape index (κ1) is 51.0. The highest BCUT2D eigenvalue weighted by atomic mass is 32.1. The summed E-state index contributed by atoms with van der Waals surface area (Å²) in [6.45, 7) is 0. The molecule has 4 aromatic rings. The van der Waals surface area contributed by atoms with Gasteiger partial charge in [-0.05, 0) is 36.4 Å². The van der Waals surface area contributed by atoms with Gasteiger partial charge in [0.1, 0.15) is 0 Å². The SMILES string of the molecule is O=C1c2cc(-c3ccc(C(=O)C(F)(F)C(F)(F)C(F)(F)C(F)(F)C(F)(F)C(F)(F)F)s3)sc2-c2sc(-c3ccc(C(=O)C(F)(F)C(F)(F)C(F)(F)C(F)(F)C(F)(F)C(F)(F)F)s3)cc21. The third kappa shape index (κ3) is 6.67. The topological polar surface area (TPSA) is 51.2 Å². The molecule has 354 valence electrons. The van der Waals surface area contributed by atoms with E-state index in [1.165, 1.54) is 0 Å². The summed E-state index contributed by atoms with van der Waals surface area (Å²) in [5, 5.41) is 0. The molecular formula is C31H6F26O3S4. The predicted molar refractivity (Wildman–Crippen MR) is 168 cm³/mol. The second kappa shape index (κ2) is 14.5. The van der Waals surface area contributed by atoms with E-state index in [0.29, 0.717) is 34.8 Å². The van der Waals surface area contributed by atoms with Crippen molar-refractivity contribution in [3.63, 3.8) is 0 Å². The van der Waals surface area contributed by atoms with Crippen molar-refractivity contribution in [1.29, 1.82) is 0 Å². The van der Waals surface area contributed by atoms with Gasteiger partial charge in [-0.1, -0.05) is 0 Å². The average molecular weight is 1050 g/mol. The van der Waals surface area contributed by atoms with E-state index in [-0.39, 0.29) is 65.4 Å². The van der Waals surface area contributed by atoms with Crippen molar-refractivity contribution in [3.8, 4) is 29.3 Å². The summed E-state index contributed by atoms with van der Waals surface area (Å²) in [7, 11) is 0. The van der Waals surface area contributed by atoms with Crippen molar-refractivity contribution >= 4 is 62.7 Å². The Balaban J connectivity index is 1.41. The van der Waals surface area contributed by atoms with Crippen LogP contribution in [0.5, 0.6) is 0 Å². The van der Waals surface area contributed by atoms with Gasteiger partial charge in [0.2, 0.25) is 11.6 Å². The molecule has 0 saturated heterocycles. The minimum Gasteiger partial charge on any atom is -0.288 e. The molecule has 0 saturated carbocycles. The third-order valence-electron chi connectivity index (χ3n) is 8.74. The summed E-state index contributed by atoms with van der Waals surface area (Å²) >= 11 is 0.275. The van der Waals surface area contributed by atoms with Gasteiger partial charge in [0.25, 0.3) is 0 Å². The minimum atomic E-state index is -8.29. The lowest BCUT2D eigenvalue weighted by molar-refractivity contribution is -0.435. The smallest absolute Gasteiger partial charge is 0.288 e. The van der Waals surface area contributed by atoms with Crippen LogP contribution in [0.3, 0.4) is 0 Å². The van der Waals surface area contributed by atoms with E-state index in [0.717, 1.165) is 12.1 Å². The Morgan fingerprint density at radius 2 is 0.609 bits per heavy atom. The molecule has 3 nitrogen and oxygen atoms in total. The monoisotopic (exact) mass is 1050 g/mol. The van der Waals surface area contributed by atoms with Crippen molar-refractivity contribution in [2.24, 2.45) is 0 Å². The predicted octanol–water partition coefficient (Wildman–Crippen LogP) is 14.3. The number of rotatable bonds is 14. The highest BCUT2D eigenvalue weighted by Crippen LogP contribution is 2.63.